The Bertz CT molecular complexity index is 1520. The van der Waals surface area contributed by atoms with Gasteiger partial charge in [0.1, 0.15) is 17.4 Å². The lowest BCUT2D eigenvalue weighted by molar-refractivity contribution is -0.113. The van der Waals surface area contributed by atoms with Crippen LogP contribution in [-0.4, -0.2) is 21.6 Å². The number of benzene rings is 3. The lowest BCUT2D eigenvalue weighted by Crippen LogP contribution is -2.32. The molecule has 5 rings (SSSR count). The molecule has 1 atom stereocenters. The van der Waals surface area contributed by atoms with Crippen molar-refractivity contribution in [2.75, 3.05) is 16.0 Å². The molecule has 0 saturated carbocycles. The molecule has 8 heteroatoms. The van der Waals surface area contributed by atoms with Crippen LogP contribution in [-0.2, 0) is 4.79 Å². The average molecular weight is 512 g/mol. The number of carbonyl (C=O) groups is 2. The standard InChI is InChI=1S/C29H26ClN5O2/c1-17-8-12-21(13-9-17)33-28(36)24-16-31-35-26(23-7-5-4-6-18(23)2)25(19(3)32-27(24)35)29(37)34-22-14-10-20(30)11-15-22/h4-16,26,32H,1-3H3,(H,33,36)(H,34,37)/t26-/m1/s1. The van der Waals surface area contributed by atoms with Crippen molar-refractivity contribution in [3.8, 4) is 0 Å². The number of allylic oxidation sites excluding steroid dienone is 1. The number of aryl methyl sites for hydroxylation is 2. The van der Waals surface area contributed by atoms with Crippen molar-refractivity contribution in [3.63, 3.8) is 0 Å². The molecule has 2 heterocycles. The Balaban J connectivity index is 1.54. The van der Waals surface area contributed by atoms with Gasteiger partial charge in [-0.15, -0.1) is 0 Å². The summed E-state index contributed by atoms with van der Waals surface area (Å²) in [5.74, 6) is -0.0335. The highest BCUT2D eigenvalue weighted by Gasteiger charge is 2.36. The van der Waals surface area contributed by atoms with E-state index in [-0.39, 0.29) is 11.8 Å². The Morgan fingerprint density at radius 3 is 2.16 bits per heavy atom. The molecule has 0 fully saturated rings. The quantitative estimate of drug-likeness (QED) is 0.292. The third-order valence-electron chi connectivity index (χ3n) is 6.41. The first-order valence-corrected chi connectivity index (χ1v) is 12.3. The van der Waals surface area contributed by atoms with Gasteiger partial charge in [-0.3, -0.25) is 9.59 Å². The summed E-state index contributed by atoms with van der Waals surface area (Å²) < 4.78 is 1.70. The average Bonchev–Trinajstić information content (AvgIpc) is 3.30. The number of carbonyl (C=O) groups excluding carboxylic acids is 2. The first-order chi connectivity index (χ1) is 17.8. The molecule has 3 N–H and O–H groups in total. The fourth-order valence-electron chi connectivity index (χ4n) is 4.46. The minimum Gasteiger partial charge on any atom is -0.343 e. The predicted octanol–water partition coefficient (Wildman–Crippen LogP) is 6.33. The lowest BCUT2D eigenvalue weighted by atomic mass is 9.91. The van der Waals surface area contributed by atoms with Crippen LogP contribution in [0, 0.1) is 13.8 Å². The normalized spacial score (nSPS) is 14.5. The number of nitrogens with one attached hydrogen (secondary N) is 3. The first kappa shape index (κ1) is 24.3. The van der Waals surface area contributed by atoms with Crippen molar-refractivity contribution in [3.05, 3.63) is 118 Å². The van der Waals surface area contributed by atoms with E-state index in [2.05, 4.69) is 21.0 Å². The van der Waals surface area contributed by atoms with Crippen molar-refractivity contribution < 1.29 is 9.59 Å². The van der Waals surface area contributed by atoms with E-state index in [4.69, 9.17) is 11.6 Å². The maximum atomic E-state index is 13.6. The molecule has 0 saturated heterocycles. The second-order valence-corrected chi connectivity index (χ2v) is 9.49. The number of rotatable bonds is 5. The highest BCUT2D eigenvalue weighted by molar-refractivity contribution is 6.30. The SMILES string of the molecule is CC1=C(C(=O)Nc2ccc(Cl)cc2)[C@@H](c2ccccc2C)n2ncc(C(=O)Nc3ccc(C)cc3)c2N1. The molecule has 37 heavy (non-hydrogen) atoms. The molecular weight excluding hydrogens is 486 g/mol. The van der Waals surface area contributed by atoms with Gasteiger partial charge >= 0.3 is 0 Å². The zero-order valence-corrected chi connectivity index (χ0v) is 21.4. The molecule has 186 valence electrons. The Kier molecular flexibility index (Phi) is 6.54. The first-order valence-electron chi connectivity index (χ1n) is 11.9. The molecule has 0 spiro atoms. The van der Waals surface area contributed by atoms with Gasteiger partial charge in [0, 0.05) is 22.1 Å². The number of halogens is 1. The molecule has 3 aromatic carbocycles. The zero-order chi connectivity index (χ0) is 26.1. The van der Waals surface area contributed by atoms with Gasteiger partial charge in [0.15, 0.2) is 0 Å². The number of anilines is 3. The topological polar surface area (TPSA) is 88.0 Å². The van der Waals surface area contributed by atoms with Gasteiger partial charge in [-0.05, 0) is 68.3 Å². The Morgan fingerprint density at radius 1 is 0.865 bits per heavy atom. The van der Waals surface area contributed by atoms with Gasteiger partial charge in [-0.25, -0.2) is 4.68 Å². The summed E-state index contributed by atoms with van der Waals surface area (Å²) in [4.78, 5) is 26.8. The maximum absolute atomic E-state index is 13.6. The number of fused-ring (bicyclic) bond motifs is 1. The molecule has 0 aliphatic carbocycles. The van der Waals surface area contributed by atoms with E-state index in [1.54, 1.807) is 28.9 Å². The van der Waals surface area contributed by atoms with E-state index >= 15 is 0 Å². The van der Waals surface area contributed by atoms with E-state index in [1.165, 1.54) is 6.20 Å². The minimum atomic E-state index is -0.536. The number of hydrogen-bond acceptors (Lipinski definition) is 4. The predicted molar refractivity (Wildman–Crippen MR) is 147 cm³/mol. The highest BCUT2D eigenvalue weighted by Crippen LogP contribution is 2.39. The van der Waals surface area contributed by atoms with E-state index in [0.29, 0.717) is 39.0 Å². The van der Waals surface area contributed by atoms with E-state index in [0.717, 1.165) is 16.7 Å². The van der Waals surface area contributed by atoms with Crippen LogP contribution in [0.25, 0.3) is 0 Å². The molecule has 2 amide bonds. The molecule has 1 aliphatic rings. The Hall–Kier alpha value is -4.36. The summed E-state index contributed by atoms with van der Waals surface area (Å²) in [5, 5.41) is 14.3. The number of nitrogens with zero attached hydrogens (tertiary/aromatic N) is 2. The minimum absolute atomic E-state index is 0.271. The summed E-state index contributed by atoms with van der Waals surface area (Å²) in [6.07, 6.45) is 1.53. The van der Waals surface area contributed by atoms with Gasteiger partial charge in [0.2, 0.25) is 0 Å². The molecule has 1 aliphatic heterocycles. The van der Waals surface area contributed by atoms with Crippen molar-refractivity contribution in [2.24, 2.45) is 0 Å². The summed E-state index contributed by atoms with van der Waals surface area (Å²) in [7, 11) is 0. The number of aromatic nitrogens is 2. The molecular formula is C29H26ClN5O2. The number of hydrogen-bond donors (Lipinski definition) is 3. The van der Waals surface area contributed by atoms with E-state index in [9.17, 15) is 9.59 Å². The van der Waals surface area contributed by atoms with Crippen molar-refractivity contribution >= 4 is 40.6 Å². The summed E-state index contributed by atoms with van der Waals surface area (Å²) in [6.45, 7) is 5.82. The van der Waals surface area contributed by atoms with Crippen molar-refractivity contribution in [2.45, 2.75) is 26.8 Å². The fourth-order valence-corrected chi connectivity index (χ4v) is 4.59. The van der Waals surface area contributed by atoms with E-state index in [1.807, 2.05) is 69.3 Å². The summed E-state index contributed by atoms with van der Waals surface area (Å²) in [6, 6.07) is 21.9. The highest BCUT2D eigenvalue weighted by atomic mass is 35.5. The van der Waals surface area contributed by atoms with Crippen molar-refractivity contribution in [1.82, 2.24) is 9.78 Å². The van der Waals surface area contributed by atoms with Gasteiger partial charge in [-0.2, -0.15) is 5.10 Å². The molecule has 0 unspecified atom stereocenters. The van der Waals surface area contributed by atoms with Gasteiger partial charge < -0.3 is 16.0 Å². The third-order valence-corrected chi connectivity index (χ3v) is 6.66. The smallest absolute Gasteiger partial charge is 0.261 e. The molecule has 0 radical (unpaired) electrons. The van der Waals surface area contributed by atoms with E-state index < -0.39 is 6.04 Å². The van der Waals surface area contributed by atoms with Crippen LogP contribution in [0.15, 0.2) is 90.3 Å². The molecule has 4 aromatic rings. The number of amides is 2. The maximum Gasteiger partial charge on any atom is 0.261 e. The monoisotopic (exact) mass is 511 g/mol. The van der Waals surface area contributed by atoms with Crippen LogP contribution in [0.2, 0.25) is 5.02 Å². The summed E-state index contributed by atoms with van der Waals surface area (Å²) in [5.41, 5.74) is 5.87. The van der Waals surface area contributed by atoms with Gasteiger partial charge in [-0.1, -0.05) is 53.6 Å². The molecule has 1 aromatic heterocycles. The van der Waals surface area contributed by atoms with Crippen LogP contribution in [0.3, 0.4) is 0 Å². The van der Waals surface area contributed by atoms with Crippen LogP contribution in [0.1, 0.15) is 40.0 Å². The second-order valence-electron chi connectivity index (χ2n) is 9.06. The van der Waals surface area contributed by atoms with Crippen LogP contribution in [0.5, 0.6) is 0 Å². The van der Waals surface area contributed by atoms with Crippen LogP contribution >= 0.6 is 11.6 Å². The van der Waals surface area contributed by atoms with Crippen LogP contribution < -0.4 is 16.0 Å². The summed E-state index contributed by atoms with van der Waals surface area (Å²) >= 11 is 6.01. The van der Waals surface area contributed by atoms with Crippen LogP contribution in [0.4, 0.5) is 17.2 Å². The zero-order valence-electron chi connectivity index (χ0n) is 20.7. The lowest BCUT2D eigenvalue weighted by Gasteiger charge is -2.31. The van der Waals surface area contributed by atoms with Gasteiger partial charge in [0.05, 0.1) is 11.8 Å². The molecule has 7 nitrogen and oxygen atoms in total. The molecule has 0 bridgehead atoms. The Morgan fingerprint density at radius 2 is 1.49 bits per heavy atom. The second kappa shape index (κ2) is 9.95. The largest absolute Gasteiger partial charge is 0.343 e. The van der Waals surface area contributed by atoms with Crippen molar-refractivity contribution in [1.29, 1.82) is 0 Å². The Labute approximate surface area is 220 Å². The fraction of sp³-hybridized carbons (Fsp3) is 0.138. The van der Waals surface area contributed by atoms with Gasteiger partial charge in [0.25, 0.3) is 11.8 Å². The third kappa shape index (κ3) is 4.86.